The fourth-order valence-corrected chi connectivity index (χ4v) is 4.05. The summed E-state index contributed by atoms with van der Waals surface area (Å²) >= 11 is 0. The number of nitrogens with zero attached hydrogens (tertiary/aromatic N) is 1. The molecule has 0 atom stereocenters. The molecule has 31 heavy (non-hydrogen) atoms. The monoisotopic (exact) mass is 440 g/mol. The maximum Gasteiger partial charge on any atom is 0.238 e. The van der Waals surface area contributed by atoms with Gasteiger partial charge in [-0.15, -0.1) is 0 Å². The molecule has 3 rings (SSSR count). The minimum Gasteiger partial charge on any atom is -0.492 e. The molecule has 3 N–H and O–H groups in total. The van der Waals surface area contributed by atoms with E-state index in [-0.39, 0.29) is 17.5 Å². The first-order valence-corrected chi connectivity index (χ1v) is 11.7. The molecule has 0 unspecified atom stereocenters. The van der Waals surface area contributed by atoms with Gasteiger partial charge in [0.15, 0.2) is 0 Å². The molecule has 0 amide bonds. The highest BCUT2D eigenvalue weighted by Gasteiger charge is 2.22. The molecular formula is C24H28N2O4S. The summed E-state index contributed by atoms with van der Waals surface area (Å²) in [6.45, 7) is 1.86. The van der Waals surface area contributed by atoms with Gasteiger partial charge in [-0.2, -0.15) is 0 Å². The fraction of sp³-hybridized carbons (Fsp3) is 0.250. The zero-order chi connectivity index (χ0) is 22.1. The Hall–Kier alpha value is -2.71. The fourth-order valence-electron chi connectivity index (χ4n) is 3.53. The molecule has 0 aromatic heterocycles. The molecule has 164 valence electrons. The van der Waals surface area contributed by atoms with Gasteiger partial charge in [0.1, 0.15) is 12.4 Å². The average Bonchev–Trinajstić information content (AvgIpc) is 2.78. The van der Waals surface area contributed by atoms with Crippen molar-refractivity contribution >= 4 is 10.0 Å². The molecule has 0 heterocycles. The average molecular weight is 441 g/mol. The minimum absolute atomic E-state index is 0.0299. The second-order valence-corrected chi connectivity index (χ2v) is 8.76. The molecule has 0 bridgehead atoms. The molecule has 3 aromatic carbocycles. The number of primary sulfonamides is 1. The number of sulfonamides is 1. The Kier molecular flexibility index (Phi) is 8.20. The standard InChI is InChI=1S/C24H28N2O4S/c25-31(28,29)23-14-12-22(13-15-23)30-19-17-26(16-7-18-27)24(20-8-3-1-4-9-20)21-10-5-2-6-11-21/h1-6,8-15,24,27H,7,16-19H2,(H2,25,28,29). The summed E-state index contributed by atoms with van der Waals surface area (Å²) in [4.78, 5) is 2.34. The van der Waals surface area contributed by atoms with Crippen molar-refractivity contribution in [2.45, 2.75) is 17.4 Å². The number of ether oxygens (including phenoxy) is 1. The lowest BCUT2D eigenvalue weighted by molar-refractivity contribution is 0.162. The first-order chi connectivity index (χ1) is 15.0. The third-order valence-electron chi connectivity index (χ3n) is 5.00. The molecule has 0 fully saturated rings. The van der Waals surface area contributed by atoms with E-state index in [4.69, 9.17) is 9.88 Å². The van der Waals surface area contributed by atoms with Crippen LogP contribution in [-0.2, 0) is 10.0 Å². The lowest BCUT2D eigenvalue weighted by Gasteiger charge is -2.32. The Morgan fingerprint density at radius 2 is 1.39 bits per heavy atom. The Labute approximate surface area is 184 Å². The largest absolute Gasteiger partial charge is 0.492 e. The van der Waals surface area contributed by atoms with Crippen molar-refractivity contribution in [3.63, 3.8) is 0 Å². The van der Waals surface area contributed by atoms with E-state index in [1.807, 2.05) is 36.4 Å². The van der Waals surface area contributed by atoms with E-state index in [0.717, 1.165) is 0 Å². The Morgan fingerprint density at radius 3 is 1.87 bits per heavy atom. The van der Waals surface area contributed by atoms with Crippen LogP contribution in [0.1, 0.15) is 23.6 Å². The molecule has 6 nitrogen and oxygen atoms in total. The Bertz CT molecular complexity index is 987. The Morgan fingerprint density at radius 1 is 0.839 bits per heavy atom. The molecule has 0 saturated heterocycles. The molecule has 0 aliphatic rings. The van der Waals surface area contributed by atoms with Gasteiger partial charge in [0.05, 0.1) is 10.9 Å². The lowest BCUT2D eigenvalue weighted by atomic mass is 9.97. The number of hydrogen-bond donors (Lipinski definition) is 2. The van der Waals surface area contributed by atoms with E-state index < -0.39 is 10.0 Å². The van der Waals surface area contributed by atoms with E-state index in [1.165, 1.54) is 23.3 Å². The van der Waals surface area contributed by atoms with Crippen LogP contribution in [0.25, 0.3) is 0 Å². The molecule has 0 aliphatic carbocycles. The van der Waals surface area contributed by atoms with Crippen LogP contribution in [0.4, 0.5) is 0 Å². The van der Waals surface area contributed by atoms with E-state index in [0.29, 0.717) is 31.9 Å². The van der Waals surface area contributed by atoms with Gasteiger partial charge < -0.3 is 9.84 Å². The number of rotatable bonds is 11. The molecule has 0 saturated carbocycles. The van der Waals surface area contributed by atoms with E-state index >= 15 is 0 Å². The number of nitrogens with two attached hydrogens (primary N) is 1. The normalized spacial score (nSPS) is 11.7. The van der Waals surface area contributed by atoms with Crippen LogP contribution in [0.3, 0.4) is 0 Å². The first-order valence-electron chi connectivity index (χ1n) is 10.2. The highest BCUT2D eigenvalue weighted by molar-refractivity contribution is 7.89. The van der Waals surface area contributed by atoms with Crippen molar-refractivity contribution in [1.29, 1.82) is 0 Å². The molecule has 0 radical (unpaired) electrons. The van der Waals surface area contributed by atoms with Crippen molar-refractivity contribution < 1.29 is 18.3 Å². The van der Waals surface area contributed by atoms with Crippen LogP contribution >= 0.6 is 0 Å². The van der Waals surface area contributed by atoms with Crippen LogP contribution < -0.4 is 9.88 Å². The Balaban J connectivity index is 1.76. The summed E-state index contributed by atoms with van der Waals surface area (Å²) in [5, 5.41) is 14.6. The van der Waals surface area contributed by atoms with Crippen molar-refractivity contribution in [3.05, 3.63) is 96.1 Å². The maximum absolute atomic E-state index is 11.4. The highest BCUT2D eigenvalue weighted by atomic mass is 32.2. The number of aliphatic hydroxyl groups excluding tert-OH is 1. The maximum atomic E-state index is 11.4. The van der Waals surface area contributed by atoms with E-state index in [9.17, 15) is 13.5 Å². The molecule has 0 spiro atoms. The molecular weight excluding hydrogens is 412 g/mol. The van der Waals surface area contributed by atoms with Crippen LogP contribution in [-0.4, -0.2) is 44.7 Å². The van der Waals surface area contributed by atoms with Crippen molar-refractivity contribution in [2.24, 2.45) is 5.14 Å². The van der Waals surface area contributed by atoms with Crippen molar-refractivity contribution in [3.8, 4) is 5.75 Å². The SMILES string of the molecule is NS(=O)(=O)c1ccc(OCCN(CCCO)C(c2ccccc2)c2ccccc2)cc1. The topological polar surface area (TPSA) is 92.9 Å². The second-order valence-electron chi connectivity index (χ2n) is 7.20. The van der Waals surface area contributed by atoms with Crippen LogP contribution in [0.5, 0.6) is 5.75 Å². The third-order valence-corrected chi connectivity index (χ3v) is 5.93. The van der Waals surface area contributed by atoms with Gasteiger partial charge in [-0.1, -0.05) is 60.7 Å². The first kappa shape index (κ1) is 23.0. The lowest BCUT2D eigenvalue weighted by Crippen LogP contribution is -2.34. The van der Waals surface area contributed by atoms with Crippen LogP contribution in [0.2, 0.25) is 0 Å². The number of hydrogen-bond acceptors (Lipinski definition) is 5. The van der Waals surface area contributed by atoms with Gasteiger partial charge in [-0.05, 0) is 41.8 Å². The predicted octanol–water partition coefficient (Wildman–Crippen LogP) is 3.19. The zero-order valence-electron chi connectivity index (χ0n) is 17.3. The summed E-state index contributed by atoms with van der Waals surface area (Å²) in [6, 6.07) is 26.6. The molecule has 3 aromatic rings. The quantitative estimate of drug-likeness (QED) is 0.478. The zero-order valence-corrected chi connectivity index (χ0v) is 18.1. The number of benzene rings is 3. The van der Waals surface area contributed by atoms with Gasteiger partial charge in [-0.25, -0.2) is 13.6 Å². The van der Waals surface area contributed by atoms with Crippen LogP contribution in [0.15, 0.2) is 89.8 Å². The summed E-state index contributed by atoms with van der Waals surface area (Å²) in [5.41, 5.74) is 2.34. The summed E-state index contributed by atoms with van der Waals surface area (Å²) in [7, 11) is -3.72. The van der Waals surface area contributed by atoms with Gasteiger partial charge >= 0.3 is 0 Å². The van der Waals surface area contributed by atoms with Crippen LogP contribution in [0, 0.1) is 0 Å². The number of aliphatic hydroxyl groups is 1. The van der Waals surface area contributed by atoms with Crippen molar-refractivity contribution in [2.75, 3.05) is 26.3 Å². The third kappa shape index (κ3) is 6.63. The summed E-state index contributed by atoms with van der Waals surface area (Å²) < 4.78 is 28.7. The van der Waals surface area contributed by atoms with Gasteiger partial charge in [-0.3, -0.25) is 4.90 Å². The van der Waals surface area contributed by atoms with E-state index in [1.54, 1.807) is 12.1 Å². The highest BCUT2D eigenvalue weighted by Crippen LogP contribution is 2.28. The minimum atomic E-state index is -3.72. The molecule has 7 heteroatoms. The molecule has 0 aliphatic heterocycles. The van der Waals surface area contributed by atoms with Gasteiger partial charge in [0, 0.05) is 19.7 Å². The van der Waals surface area contributed by atoms with Crippen molar-refractivity contribution in [1.82, 2.24) is 4.90 Å². The van der Waals surface area contributed by atoms with Gasteiger partial charge in [0.25, 0.3) is 0 Å². The predicted molar refractivity (Wildman–Crippen MR) is 121 cm³/mol. The smallest absolute Gasteiger partial charge is 0.238 e. The van der Waals surface area contributed by atoms with Gasteiger partial charge in [0.2, 0.25) is 10.0 Å². The summed E-state index contributed by atoms with van der Waals surface area (Å²) in [5.74, 6) is 0.575. The van der Waals surface area contributed by atoms with E-state index in [2.05, 4.69) is 29.2 Å². The second kappa shape index (κ2) is 11.1. The summed E-state index contributed by atoms with van der Waals surface area (Å²) in [6.07, 6.45) is 0.652.